The fraction of sp³-hybridized carbons (Fsp3) is 0.400. The number of benzene rings is 1. The minimum Gasteiger partial charge on any atom is -0.302 e. The summed E-state index contributed by atoms with van der Waals surface area (Å²) in [5, 5.41) is 4.59. The van der Waals surface area contributed by atoms with Gasteiger partial charge < -0.3 is 5.32 Å². The van der Waals surface area contributed by atoms with Crippen LogP contribution in [0.2, 0.25) is 5.02 Å². The molecule has 1 aromatic heterocycles. The molecule has 0 aliphatic rings. The lowest BCUT2D eigenvalue weighted by Gasteiger charge is -2.20. The first kappa shape index (κ1) is 15.4. The van der Waals surface area contributed by atoms with Crippen molar-refractivity contribution in [1.82, 2.24) is 10.3 Å². The number of hydrogen-bond donors (Lipinski definition) is 1. The van der Waals surface area contributed by atoms with Crippen molar-refractivity contribution in [2.45, 2.75) is 39.8 Å². The van der Waals surface area contributed by atoms with E-state index in [1.54, 1.807) is 23.5 Å². The van der Waals surface area contributed by atoms with Gasteiger partial charge in [-0.25, -0.2) is 9.37 Å². The van der Waals surface area contributed by atoms with Gasteiger partial charge in [-0.3, -0.25) is 0 Å². The summed E-state index contributed by atoms with van der Waals surface area (Å²) in [7, 11) is 0. The van der Waals surface area contributed by atoms with Crippen LogP contribution in [0, 0.1) is 19.7 Å². The zero-order valence-corrected chi connectivity index (χ0v) is 13.6. The second-order valence-electron chi connectivity index (χ2n) is 5.12. The van der Waals surface area contributed by atoms with Gasteiger partial charge in [0.2, 0.25) is 0 Å². The summed E-state index contributed by atoms with van der Waals surface area (Å²) >= 11 is 7.56. The van der Waals surface area contributed by atoms with E-state index in [4.69, 9.17) is 11.6 Å². The Bertz CT molecular complexity index is 590. The molecule has 2 nitrogen and oxygen atoms in total. The molecule has 1 N–H and O–H groups in total. The van der Waals surface area contributed by atoms with Gasteiger partial charge in [0.25, 0.3) is 0 Å². The van der Waals surface area contributed by atoms with Gasteiger partial charge in [0.05, 0.1) is 16.8 Å². The van der Waals surface area contributed by atoms with Crippen molar-refractivity contribution >= 4 is 22.9 Å². The van der Waals surface area contributed by atoms with Gasteiger partial charge in [-0.1, -0.05) is 17.7 Å². The zero-order valence-electron chi connectivity index (χ0n) is 12.0. The third kappa shape index (κ3) is 3.37. The fourth-order valence-corrected chi connectivity index (χ4v) is 3.16. The third-order valence-corrected chi connectivity index (χ3v) is 4.50. The van der Waals surface area contributed by atoms with Gasteiger partial charge in [-0.05, 0) is 45.4 Å². The van der Waals surface area contributed by atoms with E-state index in [1.807, 2.05) is 6.92 Å². The molecule has 0 saturated carbocycles. The Kier molecular flexibility index (Phi) is 4.78. The van der Waals surface area contributed by atoms with Crippen LogP contribution in [0.1, 0.15) is 41.0 Å². The lowest BCUT2D eigenvalue weighted by Crippen LogP contribution is -2.29. The van der Waals surface area contributed by atoms with E-state index in [-0.39, 0.29) is 17.1 Å². The van der Waals surface area contributed by atoms with Gasteiger partial charge in [0, 0.05) is 10.9 Å². The van der Waals surface area contributed by atoms with Crippen LogP contribution in [0.15, 0.2) is 18.2 Å². The highest BCUT2D eigenvalue weighted by atomic mass is 35.5. The van der Waals surface area contributed by atoms with E-state index in [9.17, 15) is 4.39 Å². The van der Waals surface area contributed by atoms with Crippen molar-refractivity contribution in [3.8, 4) is 0 Å². The number of thiazole rings is 1. The van der Waals surface area contributed by atoms with Crippen LogP contribution >= 0.6 is 22.9 Å². The molecular weight excluding hydrogens is 295 g/mol. The SMILES string of the molecule is Cc1nc(C(NC(C)C)c2ccc(F)c(Cl)c2)sc1C. The summed E-state index contributed by atoms with van der Waals surface area (Å²) < 4.78 is 13.3. The van der Waals surface area contributed by atoms with Crippen molar-refractivity contribution in [3.05, 3.63) is 50.2 Å². The van der Waals surface area contributed by atoms with Crippen molar-refractivity contribution in [2.24, 2.45) is 0 Å². The molecule has 5 heteroatoms. The minimum absolute atomic E-state index is 0.0644. The average Bonchev–Trinajstić information content (AvgIpc) is 2.70. The van der Waals surface area contributed by atoms with Crippen LogP contribution in [0.3, 0.4) is 0 Å². The predicted octanol–water partition coefficient (Wildman–Crippen LogP) is 4.64. The Balaban J connectivity index is 2.43. The second kappa shape index (κ2) is 6.20. The molecule has 1 heterocycles. The summed E-state index contributed by atoms with van der Waals surface area (Å²) in [6.07, 6.45) is 0. The lowest BCUT2D eigenvalue weighted by molar-refractivity contribution is 0.525. The Hall–Kier alpha value is -0.970. The molecule has 0 fully saturated rings. The molecule has 1 aromatic carbocycles. The number of aromatic nitrogens is 1. The second-order valence-corrected chi connectivity index (χ2v) is 6.76. The van der Waals surface area contributed by atoms with Crippen LogP contribution in [0.4, 0.5) is 4.39 Å². The molecule has 1 unspecified atom stereocenters. The zero-order chi connectivity index (χ0) is 14.9. The standard InChI is InChI=1S/C15H18ClFN2S/c1-8(2)18-14(15-19-9(3)10(4)20-15)11-5-6-13(17)12(16)7-11/h5-8,14,18H,1-4H3. The van der Waals surface area contributed by atoms with E-state index < -0.39 is 5.82 Å². The van der Waals surface area contributed by atoms with Crippen LogP contribution in [-0.2, 0) is 0 Å². The van der Waals surface area contributed by atoms with Gasteiger partial charge in [0.15, 0.2) is 0 Å². The minimum atomic E-state index is -0.398. The summed E-state index contributed by atoms with van der Waals surface area (Å²) in [6.45, 7) is 8.21. The molecule has 0 spiro atoms. The molecule has 0 aliphatic heterocycles. The fourth-order valence-electron chi connectivity index (χ4n) is 1.96. The smallest absolute Gasteiger partial charge is 0.141 e. The van der Waals surface area contributed by atoms with E-state index >= 15 is 0 Å². The highest BCUT2D eigenvalue weighted by Gasteiger charge is 2.20. The first-order chi connectivity index (χ1) is 9.38. The maximum atomic E-state index is 13.3. The van der Waals surface area contributed by atoms with Crippen LogP contribution in [0.5, 0.6) is 0 Å². The predicted molar refractivity (Wildman–Crippen MR) is 83.1 cm³/mol. The lowest BCUT2D eigenvalue weighted by atomic mass is 10.1. The van der Waals surface area contributed by atoms with Crippen molar-refractivity contribution in [3.63, 3.8) is 0 Å². The first-order valence-corrected chi connectivity index (χ1v) is 7.73. The molecule has 0 amide bonds. The molecule has 2 rings (SSSR count). The Morgan fingerprint density at radius 1 is 1.30 bits per heavy atom. The van der Waals surface area contributed by atoms with E-state index in [1.165, 1.54) is 10.9 Å². The summed E-state index contributed by atoms with van der Waals surface area (Å²) in [6, 6.07) is 5.05. The molecular formula is C15H18ClFN2S. The largest absolute Gasteiger partial charge is 0.302 e. The number of nitrogens with one attached hydrogen (secondary N) is 1. The van der Waals surface area contributed by atoms with Gasteiger partial charge in [-0.2, -0.15) is 0 Å². The Labute approximate surface area is 128 Å². The maximum absolute atomic E-state index is 13.3. The molecule has 2 aromatic rings. The van der Waals surface area contributed by atoms with Gasteiger partial charge in [-0.15, -0.1) is 11.3 Å². The molecule has 20 heavy (non-hydrogen) atoms. The first-order valence-electron chi connectivity index (χ1n) is 6.53. The highest BCUT2D eigenvalue weighted by molar-refractivity contribution is 7.11. The number of hydrogen-bond acceptors (Lipinski definition) is 3. The third-order valence-electron chi connectivity index (χ3n) is 3.07. The summed E-state index contributed by atoms with van der Waals surface area (Å²) in [5.41, 5.74) is 1.97. The van der Waals surface area contributed by atoms with Crippen LogP contribution in [-0.4, -0.2) is 11.0 Å². The quantitative estimate of drug-likeness (QED) is 0.889. The molecule has 0 saturated heterocycles. The number of halogens is 2. The van der Waals surface area contributed by atoms with Crippen LogP contribution in [0.25, 0.3) is 0 Å². The number of aryl methyl sites for hydroxylation is 2. The van der Waals surface area contributed by atoms with E-state index in [0.717, 1.165) is 16.3 Å². The number of rotatable bonds is 4. The summed E-state index contributed by atoms with van der Waals surface area (Å²) in [4.78, 5) is 5.81. The average molecular weight is 313 g/mol. The topological polar surface area (TPSA) is 24.9 Å². The molecule has 1 atom stereocenters. The van der Waals surface area contributed by atoms with E-state index in [0.29, 0.717) is 0 Å². The Morgan fingerprint density at radius 3 is 2.50 bits per heavy atom. The molecule has 0 bridgehead atoms. The molecule has 0 radical (unpaired) electrons. The summed E-state index contributed by atoms with van der Waals surface area (Å²) in [5.74, 6) is -0.398. The maximum Gasteiger partial charge on any atom is 0.141 e. The van der Waals surface area contributed by atoms with Crippen molar-refractivity contribution < 1.29 is 4.39 Å². The monoisotopic (exact) mass is 312 g/mol. The highest BCUT2D eigenvalue weighted by Crippen LogP contribution is 2.30. The molecule has 0 aliphatic carbocycles. The van der Waals surface area contributed by atoms with Crippen molar-refractivity contribution in [2.75, 3.05) is 0 Å². The van der Waals surface area contributed by atoms with Gasteiger partial charge in [0.1, 0.15) is 10.8 Å². The van der Waals surface area contributed by atoms with Crippen LogP contribution < -0.4 is 5.32 Å². The normalized spacial score (nSPS) is 12.9. The Morgan fingerprint density at radius 2 is 2.00 bits per heavy atom. The molecule has 108 valence electrons. The van der Waals surface area contributed by atoms with Gasteiger partial charge >= 0.3 is 0 Å². The van der Waals surface area contributed by atoms with Crippen molar-refractivity contribution in [1.29, 1.82) is 0 Å². The van der Waals surface area contributed by atoms with E-state index in [2.05, 4.69) is 31.1 Å². The number of nitrogens with zero attached hydrogens (tertiary/aromatic N) is 1.